The first-order valence-electron chi connectivity index (χ1n) is 7.08. The summed E-state index contributed by atoms with van der Waals surface area (Å²) in [5, 5.41) is 4.14. The van der Waals surface area contributed by atoms with Crippen LogP contribution in [0.2, 0.25) is 0 Å². The molecule has 5 unspecified atom stereocenters. The lowest BCUT2D eigenvalue weighted by Gasteiger charge is -2.19. The molecule has 18 heavy (non-hydrogen) atoms. The molecule has 2 bridgehead atoms. The van der Waals surface area contributed by atoms with E-state index in [1.165, 1.54) is 19.3 Å². The normalized spacial score (nSPS) is 42.0. The standard InChI is InChI=1S/C13H21N5/c1-18-10(15-6-16-18)5-9(17-14)13-11-7-2-3-8(4-7)12(11)13/h6-9,11-13,17H,2-5,14H2,1H3. The fourth-order valence-electron chi connectivity index (χ4n) is 4.94. The van der Waals surface area contributed by atoms with Crippen molar-refractivity contribution in [1.82, 2.24) is 20.2 Å². The lowest BCUT2D eigenvalue weighted by molar-refractivity contribution is 0.358. The molecule has 0 aliphatic heterocycles. The summed E-state index contributed by atoms with van der Waals surface area (Å²) in [5.41, 5.74) is 3.05. The van der Waals surface area contributed by atoms with Crippen molar-refractivity contribution in [1.29, 1.82) is 0 Å². The van der Waals surface area contributed by atoms with Gasteiger partial charge in [-0.25, -0.2) is 4.98 Å². The Morgan fingerprint density at radius 1 is 1.44 bits per heavy atom. The van der Waals surface area contributed by atoms with E-state index < -0.39 is 0 Å². The minimum atomic E-state index is 0.381. The first-order valence-corrected chi connectivity index (χ1v) is 7.08. The van der Waals surface area contributed by atoms with Gasteiger partial charge in [-0.1, -0.05) is 0 Å². The number of aromatic nitrogens is 3. The van der Waals surface area contributed by atoms with Gasteiger partial charge in [0, 0.05) is 19.5 Å². The summed E-state index contributed by atoms with van der Waals surface area (Å²) in [5.74, 6) is 11.5. The molecule has 98 valence electrons. The third-order valence-corrected chi connectivity index (χ3v) is 5.68. The monoisotopic (exact) mass is 247 g/mol. The van der Waals surface area contributed by atoms with Crippen molar-refractivity contribution in [2.45, 2.75) is 31.7 Å². The molecule has 5 nitrogen and oxygen atoms in total. The first-order chi connectivity index (χ1) is 8.79. The van der Waals surface area contributed by atoms with Crippen LogP contribution in [0.25, 0.3) is 0 Å². The van der Waals surface area contributed by atoms with Gasteiger partial charge < -0.3 is 0 Å². The lowest BCUT2D eigenvalue weighted by Crippen LogP contribution is -2.40. The second-order valence-corrected chi connectivity index (χ2v) is 6.34. The number of rotatable bonds is 4. The number of aryl methyl sites for hydroxylation is 1. The molecule has 1 aromatic rings. The third kappa shape index (κ3) is 1.40. The number of nitrogens with one attached hydrogen (secondary N) is 1. The van der Waals surface area contributed by atoms with Gasteiger partial charge in [0.15, 0.2) is 0 Å². The summed E-state index contributed by atoms with van der Waals surface area (Å²) in [6.45, 7) is 0. The van der Waals surface area contributed by atoms with E-state index in [1.807, 2.05) is 11.7 Å². The third-order valence-electron chi connectivity index (χ3n) is 5.68. The van der Waals surface area contributed by atoms with E-state index in [9.17, 15) is 0 Å². The Kier molecular flexibility index (Phi) is 2.29. The molecule has 0 amide bonds. The molecule has 0 aromatic carbocycles. The summed E-state index contributed by atoms with van der Waals surface area (Å²) in [6, 6.07) is 0.381. The highest BCUT2D eigenvalue weighted by molar-refractivity contribution is 5.16. The quantitative estimate of drug-likeness (QED) is 0.600. The van der Waals surface area contributed by atoms with Crippen molar-refractivity contribution in [2.24, 2.45) is 42.5 Å². The molecule has 3 saturated carbocycles. The molecule has 1 heterocycles. The van der Waals surface area contributed by atoms with Crippen molar-refractivity contribution in [3.05, 3.63) is 12.2 Å². The molecular weight excluding hydrogens is 226 g/mol. The van der Waals surface area contributed by atoms with Crippen LogP contribution < -0.4 is 11.3 Å². The molecule has 4 rings (SSSR count). The molecular formula is C13H21N5. The van der Waals surface area contributed by atoms with Gasteiger partial charge >= 0.3 is 0 Å². The maximum Gasteiger partial charge on any atom is 0.138 e. The van der Waals surface area contributed by atoms with Crippen molar-refractivity contribution in [3.8, 4) is 0 Å². The van der Waals surface area contributed by atoms with Gasteiger partial charge in [0.1, 0.15) is 12.2 Å². The number of nitrogens with zero attached hydrogens (tertiary/aromatic N) is 3. The topological polar surface area (TPSA) is 68.8 Å². The minimum Gasteiger partial charge on any atom is -0.271 e. The van der Waals surface area contributed by atoms with Gasteiger partial charge in [0.2, 0.25) is 0 Å². The highest BCUT2D eigenvalue weighted by atomic mass is 15.3. The number of hydrogen-bond acceptors (Lipinski definition) is 4. The van der Waals surface area contributed by atoms with Crippen LogP contribution in [0.1, 0.15) is 25.1 Å². The average molecular weight is 247 g/mol. The van der Waals surface area contributed by atoms with E-state index in [-0.39, 0.29) is 0 Å². The van der Waals surface area contributed by atoms with Gasteiger partial charge in [0.05, 0.1) is 0 Å². The summed E-state index contributed by atoms with van der Waals surface area (Å²) in [7, 11) is 1.95. The Bertz CT molecular complexity index is 440. The maximum absolute atomic E-state index is 5.79. The van der Waals surface area contributed by atoms with E-state index in [0.717, 1.165) is 41.8 Å². The van der Waals surface area contributed by atoms with Crippen LogP contribution in [0.4, 0.5) is 0 Å². The van der Waals surface area contributed by atoms with Crippen molar-refractivity contribution < 1.29 is 0 Å². The molecule has 5 atom stereocenters. The predicted molar refractivity (Wildman–Crippen MR) is 67.1 cm³/mol. The van der Waals surface area contributed by atoms with Crippen LogP contribution >= 0.6 is 0 Å². The van der Waals surface area contributed by atoms with Gasteiger partial charge in [-0.2, -0.15) is 5.10 Å². The highest BCUT2D eigenvalue weighted by Gasteiger charge is 2.66. The van der Waals surface area contributed by atoms with Crippen LogP contribution in [0.15, 0.2) is 6.33 Å². The maximum atomic E-state index is 5.79. The predicted octanol–water partition coefficient (Wildman–Crippen LogP) is 0.482. The Labute approximate surface area is 107 Å². The Balaban J connectivity index is 1.49. The van der Waals surface area contributed by atoms with E-state index >= 15 is 0 Å². The summed E-state index contributed by atoms with van der Waals surface area (Å²) < 4.78 is 1.86. The number of hydrogen-bond donors (Lipinski definition) is 2. The fraction of sp³-hybridized carbons (Fsp3) is 0.846. The second kappa shape index (κ2) is 3.78. The van der Waals surface area contributed by atoms with Crippen LogP contribution in [-0.2, 0) is 13.5 Å². The van der Waals surface area contributed by atoms with E-state index in [1.54, 1.807) is 6.33 Å². The second-order valence-electron chi connectivity index (χ2n) is 6.34. The zero-order valence-corrected chi connectivity index (χ0v) is 10.8. The largest absolute Gasteiger partial charge is 0.271 e. The van der Waals surface area contributed by atoms with Gasteiger partial charge in [-0.15, -0.1) is 0 Å². The van der Waals surface area contributed by atoms with E-state index in [0.29, 0.717) is 6.04 Å². The summed E-state index contributed by atoms with van der Waals surface area (Å²) in [6.07, 6.45) is 6.95. The minimum absolute atomic E-state index is 0.381. The average Bonchev–Trinajstić information content (AvgIpc) is 2.72. The van der Waals surface area contributed by atoms with Crippen LogP contribution in [0.5, 0.6) is 0 Å². The molecule has 0 saturated heterocycles. The summed E-state index contributed by atoms with van der Waals surface area (Å²) in [4.78, 5) is 4.32. The Hall–Kier alpha value is -0.940. The van der Waals surface area contributed by atoms with Crippen LogP contribution in [0.3, 0.4) is 0 Å². The number of hydrazine groups is 1. The fourth-order valence-corrected chi connectivity index (χ4v) is 4.94. The van der Waals surface area contributed by atoms with Crippen molar-refractivity contribution >= 4 is 0 Å². The van der Waals surface area contributed by atoms with Crippen molar-refractivity contribution in [2.75, 3.05) is 0 Å². The van der Waals surface area contributed by atoms with E-state index in [4.69, 9.17) is 5.84 Å². The SMILES string of the molecule is Cn1ncnc1CC(NN)C1C2C3CCC(C3)C21. The summed E-state index contributed by atoms with van der Waals surface area (Å²) >= 11 is 0. The zero-order chi connectivity index (χ0) is 12.3. The lowest BCUT2D eigenvalue weighted by atomic mass is 9.96. The van der Waals surface area contributed by atoms with Gasteiger partial charge in [-0.3, -0.25) is 16.0 Å². The smallest absolute Gasteiger partial charge is 0.138 e. The Morgan fingerprint density at radius 2 is 2.17 bits per heavy atom. The molecule has 3 aliphatic rings. The molecule has 3 aliphatic carbocycles. The first kappa shape index (κ1) is 10.9. The van der Waals surface area contributed by atoms with Gasteiger partial charge in [-0.05, 0) is 48.9 Å². The molecule has 5 heteroatoms. The molecule has 3 fully saturated rings. The number of fused-ring (bicyclic) bond motifs is 5. The zero-order valence-electron chi connectivity index (χ0n) is 10.8. The van der Waals surface area contributed by atoms with Gasteiger partial charge in [0.25, 0.3) is 0 Å². The Morgan fingerprint density at radius 3 is 2.72 bits per heavy atom. The number of nitrogens with two attached hydrogens (primary N) is 1. The highest BCUT2D eigenvalue weighted by Crippen LogP contribution is 2.70. The molecule has 0 radical (unpaired) electrons. The van der Waals surface area contributed by atoms with E-state index in [2.05, 4.69) is 15.5 Å². The van der Waals surface area contributed by atoms with Crippen molar-refractivity contribution in [3.63, 3.8) is 0 Å². The molecule has 3 N–H and O–H groups in total. The molecule has 0 spiro atoms. The van der Waals surface area contributed by atoms with Crippen LogP contribution in [0, 0.1) is 29.6 Å². The van der Waals surface area contributed by atoms with Crippen LogP contribution in [-0.4, -0.2) is 20.8 Å². The molecule has 1 aromatic heterocycles.